The number of carboxylic acid groups (broad SMARTS) is 1. The first-order chi connectivity index (χ1) is 9.35. The van der Waals surface area contributed by atoms with E-state index in [0.29, 0.717) is 17.7 Å². The van der Waals surface area contributed by atoms with E-state index in [1.165, 1.54) is 6.08 Å². The first-order valence-electron chi connectivity index (χ1n) is 5.93. The third kappa shape index (κ3) is 4.08. The summed E-state index contributed by atoms with van der Waals surface area (Å²) in [4.78, 5) is 10.6. The highest BCUT2D eigenvalue weighted by molar-refractivity contribution is 9.10. The van der Waals surface area contributed by atoms with Gasteiger partial charge in [-0.3, -0.25) is 0 Å². The monoisotopic (exact) mass is 360 g/mol. The minimum absolute atomic E-state index is 0.00511. The van der Waals surface area contributed by atoms with Crippen molar-refractivity contribution < 1.29 is 23.1 Å². The van der Waals surface area contributed by atoms with Crippen molar-refractivity contribution in [3.63, 3.8) is 0 Å². The van der Waals surface area contributed by atoms with Gasteiger partial charge in [0, 0.05) is 16.1 Å². The van der Waals surface area contributed by atoms with Crippen LogP contribution in [-0.4, -0.2) is 37.1 Å². The molecule has 1 N–H and O–H groups in total. The largest absolute Gasteiger partial charge is 0.489 e. The smallest absolute Gasteiger partial charge is 0.328 e. The van der Waals surface area contributed by atoms with E-state index in [0.717, 1.165) is 10.5 Å². The topological polar surface area (TPSA) is 80.7 Å². The molecule has 108 valence electrons. The molecule has 0 saturated carbocycles. The van der Waals surface area contributed by atoms with Gasteiger partial charge in [0.1, 0.15) is 11.9 Å². The van der Waals surface area contributed by atoms with Crippen LogP contribution in [0.25, 0.3) is 6.08 Å². The van der Waals surface area contributed by atoms with Crippen molar-refractivity contribution in [2.45, 2.75) is 12.5 Å². The Kier molecular flexibility index (Phi) is 4.49. The zero-order valence-electron chi connectivity index (χ0n) is 10.5. The van der Waals surface area contributed by atoms with Crippen molar-refractivity contribution in [2.24, 2.45) is 0 Å². The van der Waals surface area contributed by atoms with Gasteiger partial charge in [0.2, 0.25) is 0 Å². The molecule has 20 heavy (non-hydrogen) atoms. The minimum Gasteiger partial charge on any atom is -0.489 e. The van der Waals surface area contributed by atoms with Gasteiger partial charge >= 0.3 is 5.97 Å². The van der Waals surface area contributed by atoms with E-state index in [1.807, 2.05) is 0 Å². The molecule has 1 aliphatic heterocycles. The van der Waals surface area contributed by atoms with E-state index < -0.39 is 15.8 Å². The molecule has 2 rings (SSSR count). The third-order valence-corrected chi connectivity index (χ3v) is 5.09. The molecule has 1 aromatic carbocycles. The summed E-state index contributed by atoms with van der Waals surface area (Å²) < 4.78 is 29.3. The maximum Gasteiger partial charge on any atom is 0.328 e. The summed E-state index contributed by atoms with van der Waals surface area (Å²) in [7, 11) is -3.01. The van der Waals surface area contributed by atoms with Gasteiger partial charge in [0.25, 0.3) is 0 Å². The number of aliphatic carboxylic acids is 1. The number of rotatable bonds is 4. The Morgan fingerprint density at radius 3 is 2.80 bits per heavy atom. The molecule has 0 bridgehead atoms. The first kappa shape index (κ1) is 15.1. The zero-order chi connectivity index (χ0) is 14.8. The predicted molar refractivity (Wildman–Crippen MR) is 78.5 cm³/mol. The Bertz CT molecular complexity index is 651. The lowest BCUT2D eigenvalue weighted by molar-refractivity contribution is -0.131. The van der Waals surface area contributed by atoms with Gasteiger partial charge in [-0.15, -0.1) is 0 Å². The summed E-state index contributed by atoms with van der Waals surface area (Å²) in [6.07, 6.45) is 2.52. The molecule has 1 atom stereocenters. The van der Waals surface area contributed by atoms with Gasteiger partial charge in [-0.1, -0.05) is 15.9 Å². The lowest BCUT2D eigenvalue weighted by atomic mass is 10.2. The van der Waals surface area contributed by atoms with Gasteiger partial charge < -0.3 is 9.84 Å². The van der Waals surface area contributed by atoms with Gasteiger partial charge in [0.05, 0.1) is 11.5 Å². The molecule has 1 aliphatic rings. The lowest BCUT2D eigenvalue weighted by Gasteiger charge is -2.14. The van der Waals surface area contributed by atoms with Crippen molar-refractivity contribution in [2.75, 3.05) is 11.5 Å². The normalized spacial score (nSPS) is 21.1. The molecular formula is C13H13BrO5S. The Morgan fingerprint density at radius 1 is 1.45 bits per heavy atom. The van der Waals surface area contributed by atoms with Crippen molar-refractivity contribution in [3.05, 3.63) is 34.3 Å². The summed E-state index contributed by atoms with van der Waals surface area (Å²) in [5.41, 5.74) is 0.589. The minimum atomic E-state index is -3.01. The van der Waals surface area contributed by atoms with Crippen LogP contribution in [-0.2, 0) is 14.6 Å². The molecule has 1 saturated heterocycles. The lowest BCUT2D eigenvalue weighted by Crippen LogP contribution is -2.18. The summed E-state index contributed by atoms with van der Waals surface area (Å²) in [6, 6.07) is 5.17. The summed E-state index contributed by atoms with van der Waals surface area (Å²) >= 11 is 3.30. The van der Waals surface area contributed by atoms with Gasteiger partial charge in [-0.25, -0.2) is 13.2 Å². The van der Waals surface area contributed by atoms with Crippen LogP contribution in [0.3, 0.4) is 0 Å². The Labute approximate surface area is 125 Å². The molecule has 1 aromatic rings. The second-order valence-corrected chi connectivity index (χ2v) is 7.64. The van der Waals surface area contributed by atoms with Crippen molar-refractivity contribution in [3.8, 4) is 5.75 Å². The molecule has 0 amide bonds. The van der Waals surface area contributed by atoms with Crippen LogP contribution in [0.2, 0.25) is 0 Å². The van der Waals surface area contributed by atoms with E-state index in [4.69, 9.17) is 9.84 Å². The maximum atomic E-state index is 11.4. The molecular weight excluding hydrogens is 348 g/mol. The molecule has 1 heterocycles. The summed E-state index contributed by atoms with van der Waals surface area (Å²) in [6.45, 7) is 0. The van der Waals surface area contributed by atoms with Crippen LogP contribution in [0.1, 0.15) is 12.0 Å². The third-order valence-electron chi connectivity index (χ3n) is 2.86. The fourth-order valence-electron chi connectivity index (χ4n) is 1.95. The molecule has 1 unspecified atom stereocenters. The first-order valence-corrected chi connectivity index (χ1v) is 8.55. The highest BCUT2D eigenvalue weighted by Crippen LogP contribution is 2.27. The van der Waals surface area contributed by atoms with E-state index in [-0.39, 0.29) is 17.6 Å². The molecule has 0 aliphatic carbocycles. The quantitative estimate of drug-likeness (QED) is 0.831. The highest BCUT2D eigenvalue weighted by Gasteiger charge is 2.29. The number of sulfone groups is 1. The highest BCUT2D eigenvalue weighted by atomic mass is 79.9. The maximum absolute atomic E-state index is 11.4. The second-order valence-electron chi connectivity index (χ2n) is 4.50. The van der Waals surface area contributed by atoms with Crippen LogP contribution in [0.4, 0.5) is 0 Å². The number of ether oxygens (including phenoxy) is 1. The summed E-state index contributed by atoms with van der Waals surface area (Å²) in [5.74, 6) is -0.438. The number of carboxylic acids is 1. The predicted octanol–water partition coefficient (Wildman–Crippen LogP) is 2.11. The number of benzene rings is 1. The van der Waals surface area contributed by atoms with Crippen LogP contribution in [0, 0.1) is 0 Å². The van der Waals surface area contributed by atoms with Crippen molar-refractivity contribution in [1.29, 1.82) is 0 Å². The average Bonchev–Trinajstić information content (AvgIpc) is 2.69. The number of hydrogen-bond donors (Lipinski definition) is 1. The Morgan fingerprint density at radius 2 is 2.20 bits per heavy atom. The van der Waals surface area contributed by atoms with Crippen molar-refractivity contribution in [1.82, 2.24) is 0 Å². The standard InChI is InChI=1S/C13H13BrO5S/c14-10-2-3-12(9(7-10)1-4-13(15)16)19-11-5-6-20(17,18)8-11/h1-4,7,11H,5-6,8H2,(H,15,16)/b4-1+. The Balaban J connectivity index is 2.21. The Hall–Kier alpha value is -1.34. The zero-order valence-corrected chi connectivity index (χ0v) is 12.9. The van der Waals surface area contributed by atoms with Crippen LogP contribution < -0.4 is 4.74 Å². The van der Waals surface area contributed by atoms with E-state index >= 15 is 0 Å². The van der Waals surface area contributed by atoms with Crippen LogP contribution in [0.15, 0.2) is 28.7 Å². The molecule has 0 aromatic heterocycles. The van der Waals surface area contributed by atoms with Crippen molar-refractivity contribution >= 4 is 37.8 Å². The van der Waals surface area contributed by atoms with E-state index in [9.17, 15) is 13.2 Å². The summed E-state index contributed by atoms with van der Waals surface area (Å²) in [5, 5.41) is 8.67. The molecule has 7 heteroatoms. The van der Waals surface area contributed by atoms with E-state index in [1.54, 1.807) is 18.2 Å². The molecule has 0 radical (unpaired) electrons. The molecule has 5 nitrogen and oxygen atoms in total. The molecule has 0 spiro atoms. The SMILES string of the molecule is O=C(O)/C=C/c1cc(Br)ccc1OC1CCS(=O)(=O)C1. The second kappa shape index (κ2) is 5.97. The fourth-order valence-corrected chi connectivity index (χ4v) is 3.92. The fraction of sp³-hybridized carbons (Fsp3) is 0.308. The average molecular weight is 361 g/mol. The number of carbonyl (C=O) groups is 1. The van der Waals surface area contributed by atoms with Crippen LogP contribution >= 0.6 is 15.9 Å². The molecule has 1 fully saturated rings. The van der Waals surface area contributed by atoms with Gasteiger partial charge in [-0.2, -0.15) is 0 Å². The van der Waals surface area contributed by atoms with E-state index in [2.05, 4.69) is 15.9 Å². The van der Waals surface area contributed by atoms with Gasteiger partial charge in [0.15, 0.2) is 9.84 Å². The van der Waals surface area contributed by atoms with Crippen LogP contribution in [0.5, 0.6) is 5.75 Å². The van der Waals surface area contributed by atoms with Gasteiger partial charge in [-0.05, 0) is 30.7 Å². The number of hydrogen-bond acceptors (Lipinski definition) is 4. The number of halogens is 1.